The van der Waals surface area contributed by atoms with Gasteiger partial charge in [-0.1, -0.05) is 44.6 Å². The highest BCUT2D eigenvalue weighted by Gasteiger charge is 2.65. The van der Waals surface area contributed by atoms with E-state index in [1.807, 2.05) is 0 Å². The molecule has 134 valence electrons. The van der Waals surface area contributed by atoms with Crippen LogP contribution in [0.1, 0.15) is 72.6 Å². The lowest BCUT2D eigenvalue weighted by Crippen LogP contribution is -2.61. The van der Waals surface area contributed by atoms with E-state index in [0.717, 1.165) is 19.6 Å². The maximum Gasteiger partial charge on any atom is 0.173 e. The van der Waals surface area contributed by atoms with Gasteiger partial charge in [0, 0.05) is 17.3 Å². The molecule has 3 atom stereocenters. The number of ether oxygens (including phenoxy) is 2. The molecule has 0 bridgehead atoms. The molecular formula is C22H34O2. The molecule has 3 aliphatic carbocycles. The summed E-state index contributed by atoms with van der Waals surface area (Å²) in [6.07, 6.45) is 16.2. The van der Waals surface area contributed by atoms with Gasteiger partial charge < -0.3 is 9.47 Å². The predicted molar refractivity (Wildman–Crippen MR) is 97.7 cm³/mol. The zero-order valence-electron chi connectivity index (χ0n) is 16.0. The third-order valence-electron chi connectivity index (χ3n) is 8.04. The number of rotatable bonds is 1. The molecule has 1 aliphatic heterocycles. The number of fused-ring (bicyclic) bond motifs is 3. The molecule has 0 N–H and O–H groups in total. The van der Waals surface area contributed by atoms with E-state index in [9.17, 15) is 0 Å². The average molecular weight is 331 g/mol. The minimum Gasteiger partial charge on any atom is -0.347 e. The van der Waals surface area contributed by atoms with Crippen molar-refractivity contribution in [2.45, 2.75) is 78.4 Å². The van der Waals surface area contributed by atoms with Crippen molar-refractivity contribution < 1.29 is 9.47 Å². The summed E-state index contributed by atoms with van der Waals surface area (Å²) in [4.78, 5) is 0. The van der Waals surface area contributed by atoms with E-state index < -0.39 is 0 Å². The van der Waals surface area contributed by atoms with E-state index in [1.165, 1.54) is 38.5 Å². The summed E-state index contributed by atoms with van der Waals surface area (Å²) in [6.45, 7) is 11.1. The SMILES string of the molecule is CC=C[C@]12CCCC=C1[C@@]1(C)CCC3(OCCO3)C(C)(C)[C@@H]1CC2. The standard InChI is InChI=1S/C22H34O2/c1-5-10-21-11-7-6-8-18(21)20(4)13-14-22(23-15-16-24-22)19(2,3)17(20)9-12-21/h5,8,10,17H,6-7,9,11-16H2,1-4H3/t17-,20-,21+/m0/s1. The summed E-state index contributed by atoms with van der Waals surface area (Å²) >= 11 is 0. The van der Waals surface area contributed by atoms with Crippen LogP contribution < -0.4 is 0 Å². The monoisotopic (exact) mass is 330 g/mol. The Bertz CT molecular complexity index is 567. The second-order valence-corrected chi connectivity index (χ2v) is 9.35. The second kappa shape index (κ2) is 5.45. The quantitative estimate of drug-likeness (QED) is 0.579. The Balaban J connectivity index is 1.77. The molecule has 1 spiro atoms. The van der Waals surface area contributed by atoms with E-state index in [0.29, 0.717) is 16.7 Å². The lowest BCUT2D eigenvalue weighted by molar-refractivity contribution is -0.284. The Kier molecular flexibility index (Phi) is 3.82. The van der Waals surface area contributed by atoms with Crippen LogP contribution in [0, 0.1) is 22.2 Å². The molecule has 0 aromatic heterocycles. The van der Waals surface area contributed by atoms with Gasteiger partial charge in [0.2, 0.25) is 0 Å². The lowest BCUT2D eigenvalue weighted by Gasteiger charge is -2.64. The van der Waals surface area contributed by atoms with Crippen LogP contribution in [-0.2, 0) is 9.47 Å². The molecule has 3 fully saturated rings. The fourth-order valence-electron chi connectivity index (χ4n) is 7.00. The Morgan fingerprint density at radius 1 is 1.04 bits per heavy atom. The van der Waals surface area contributed by atoms with Crippen molar-refractivity contribution in [2.24, 2.45) is 22.2 Å². The highest BCUT2D eigenvalue weighted by molar-refractivity contribution is 5.35. The molecular weight excluding hydrogens is 296 g/mol. The fourth-order valence-corrected chi connectivity index (χ4v) is 7.00. The van der Waals surface area contributed by atoms with Crippen molar-refractivity contribution in [2.75, 3.05) is 13.2 Å². The van der Waals surface area contributed by atoms with Crippen LogP contribution in [0.4, 0.5) is 0 Å². The van der Waals surface area contributed by atoms with Gasteiger partial charge in [0.05, 0.1) is 13.2 Å². The van der Waals surface area contributed by atoms with Crippen molar-refractivity contribution in [3.63, 3.8) is 0 Å². The van der Waals surface area contributed by atoms with Gasteiger partial charge in [0.15, 0.2) is 5.79 Å². The first kappa shape index (κ1) is 16.8. The van der Waals surface area contributed by atoms with Crippen LogP contribution in [0.25, 0.3) is 0 Å². The average Bonchev–Trinajstić information content (AvgIpc) is 3.03. The minimum absolute atomic E-state index is 0.0663. The third kappa shape index (κ3) is 2.02. The van der Waals surface area contributed by atoms with Crippen LogP contribution >= 0.6 is 0 Å². The Morgan fingerprint density at radius 2 is 1.79 bits per heavy atom. The molecule has 0 aromatic rings. The van der Waals surface area contributed by atoms with Crippen LogP contribution in [0.15, 0.2) is 23.8 Å². The van der Waals surface area contributed by atoms with E-state index in [2.05, 4.69) is 45.9 Å². The fraction of sp³-hybridized carbons (Fsp3) is 0.818. The molecule has 1 saturated heterocycles. The number of hydrogen-bond donors (Lipinski definition) is 0. The summed E-state index contributed by atoms with van der Waals surface area (Å²) in [5.74, 6) is 0.298. The van der Waals surface area contributed by atoms with Gasteiger partial charge in [-0.15, -0.1) is 0 Å². The van der Waals surface area contributed by atoms with Crippen molar-refractivity contribution in [1.82, 2.24) is 0 Å². The van der Waals surface area contributed by atoms with Crippen LogP contribution in [-0.4, -0.2) is 19.0 Å². The minimum atomic E-state index is -0.340. The summed E-state index contributed by atoms with van der Waals surface area (Å²) in [6, 6.07) is 0. The molecule has 24 heavy (non-hydrogen) atoms. The van der Waals surface area contributed by atoms with Gasteiger partial charge in [0.1, 0.15) is 0 Å². The number of hydrogen-bond acceptors (Lipinski definition) is 2. The Hall–Kier alpha value is -0.600. The third-order valence-corrected chi connectivity index (χ3v) is 8.04. The van der Waals surface area contributed by atoms with Crippen LogP contribution in [0.2, 0.25) is 0 Å². The van der Waals surface area contributed by atoms with Gasteiger partial charge >= 0.3 is 0 Å². The van der Waals surface area contributed by atoms with Gasteiger partial charge in [0.25, 0.3) is 0 Å². The molecule has 2 nitrogen and oxygen atoms in total. The highest BCUT2D eigenvalue weighted by atomic mass is 16.7. The van der Waals surface area contributed by atoms with Crippen molar-refractivity contribution >= 4 is 0 Å². The first-order valence-corrected chi connectivity index (χ1v) is 10.0. The highest BCUT2D eigenvalue weighted by Crippen LogP contribution is 2.69. The van der Waals surface area contributed by atoms with Crippen molar-refractivity contribution in [3.8, 4) is 0 Å². The maximum absolute atomic E-state index is 6.24. The lowest BCUT2D eigenvalue weighted by atomic mass is 9.42. The molecule has 0 radical (unpaired) electrons. The molecule has 2 heteroatoms. The zero-order chi connectivity index (χ0) is 17.1. The first-order valence-electron chi connectivity index (χ1n) is 10.0. The summed E-state index contributed by atoms with van der Waals surface area (Å²) in [5, 5.41) is 0. The number of allylic oxidation sites excluding steroid dienone is 4. The van der Waals surface area contributed by atoms with E-state index in [4.69, 9.17) is 9.47 Å². The van der Waals surface area contributed by atoms with Crippen LogP contribution in [0.5, 0.6) is 0 Å². The second-order valence-electron chi connectivity index (χ2n) is 9.35. The van der Waals surface area contributed by atoms with Gasteiger partial charge in [-0.05, 0) is 56.8 Å². The van der Waals surface area contributed by atoms with E-state index in [-0.39, 0.29) is 11.2 Å². The molecule has 0 amide bonds. The summed E-state index contributed by atoms with van der Waals surface area (Å²) in [7, 11) is 0. The topological polar surface area (TPSA) is 18.5 Å². The van der Waals surface area contributed by atoms with E-state index >= 15 is 0 Å². The largest absolute Gasteiger partial charge is 0.347 e. The Labute approximate surface area is 147 Å². The molecule has 1 heterocycles. The van der Waals surface area contributed by atoms with Gasteiger partial charge in [-0.3, -0.25) is 0 Å². The van der Waals surface area contributed by atoms with Crippen molar-refractivity contribution in [1.29, 1.82) is 0 Å². The van der Waals surface area contributed by atoms with Gasteiger partial charge in [-0.2, -0.15) is 0 Å². The van der Waals surface area contributed by atoms with E-state index in [1.54, 1.807) is 5.57 Å². The normalized spacial score (nSPS) is 43.5. The smallest absolute Gasteiger partial charge is 0.173 e. The molecule has 4 rings (SSSR count). The predicted octanol–water partition coefficient (Wildman–Crippen LogP) is 5.64. The van der Waals surface area contributed by atoms with Crippen molar-refractivity contribution in [3.05, 3.63) is 23.8 Å². The maximum atomic E-state index is 6.24. The molecule has 0 unspecified atom stereocenters. The Morgan fingerprint density at radius 3 is 2.50 bits per heavy atom. The summed E-state index contributed by atoms with van der Waals surface area (Å²) in [5.41, 5.74) is 2.44. The molecule has 0 aromatic carbocycles. The first-order chi connectivity index (χ1) is 11.4. The molecule has 4 aliphatic rings. The van der Waals surface area contributed by atoms with Gasteiger partial charge in [-0.25, -0.2) is 0 Å². The van der Waals surface area contributed by atoms with Crippen LogP contribution in [0.3, 0.4) is 0 Å². The summed E-state index contributed by atoms with van der Waals surface area (Å²) < 4.78 is 12.5. The zero-order valence-corrected chi connectivity index (χ0v) is 16.0. The molecule has 2 saturated carbocycles.